The van der Waals surface area contributed by atoms with Gasteiger partial charge in [-0.1, -0.05) is 42.0 Å². The van der Waals surface area contributed by atoms with Crippen molar-refractivity contribution < 1.29 is 16.8 Å². The topological polar surface area (TPSA) is 80.3 Å². The van der Waals surface area contributed by atoms with Gasteiger partial charge in [-0.2, -0.15) is 0 Å². The second kappa shape index (κ2) is 7.93. The second-order valence-electron chi connectivity index (χ2n) is 6.03. The van der Waals surface area contributed by atoms with Crippen LogP contribution in [0.25, 0.3) is 0 Å². The molecule has 0 fully saturated rings. The Kier molecular flexibility index (Phi) is 5.81. The zero-order chi connectivity index (χ0) is 19.5. The highest BCUT2D eigenvalue weighted by Crippen LogP contribution is 2.31. The highest BCUT2D eigenvalue weighted by atomic mass is 32.2. The zero-order valence-corrected chi connectivity index (χ0v) is 17.0. The maximum Gasteiger partial charge on any atom is 0.240 e. The van der Waals surface area contributed by atoms with E-state index in [1.165, 1.54) is 35.6 Å². The molecule has 1 aromatic heterocycles. The quantitative estimate of drug-likeness (QED) is 0.633. The van der Waals surface area contributed by atoms with Gasteiger partial charge in [-0.15, -0.1) is 11.3 Å². The van der Waals surface area contributed by atoms with Crippen molar-refractivity contribution in [2.75, 3.05) is 6.54 Å². The minimum absolute atomic E-state index is 0.107. The van der Waals surface area contributed by atoms with Gasteiger partial charge in [0, 0.05) is 11.4 Å². The number of hydrogen-bond acceptors (Lipinski definition) is 5. The average Bonchev–Trinajstić information content (AvgIpc) is 3.17. The predicted molar refractivity (Wildman–Crippen MR) is 107 cm³/mol. The normalized spacial score (nSPS) is 13.4. The Hall–Kier alpha value is -2.00. The Morgan fingerprint density at radius 1 is 0.852 bits per heavy atom. The molecule has 1 atom stereocenters. The summed E-state index contributed by atoms with van der Waals surface area (Å²) in [4.78, 5) is 0.860. The third-order valence-corrected chi connectivity index (χ3v) is 8.77. The standard InChI is InChI=1S/C19H19NO4S3/c1-15-9-11-17(12-10-15)27(23,24)20-14-19(18-8-5-13-25-18)26(21,22)16-6-3-2-4-7-16/h2-13,19-20H,14H2,1H3/t19-/m0/s1. The molecule has 0 unspecified atom stereocenters. The Labute approximate surface area is 163 Å². The first-order chi connectivity index (χ1) is 12.8. The first-order valence-electron chi connectivity index (χ1n) is 8.19. The van der Waals surface area contributed by atoms with Crippen LogP contribution in [0.1, 0.15) is 15.7 Å². The minimum atomic E-state index is -3.82. The maximum absolute atomic E-state index is 13.1. The molecule has 2 aromatic carbocycles. The van der Waals surface area contributed by atoms with Crippen LogP contribution in [0.15, 0.2) is 81.9 Å². The van der Waals surface area contributed by atoms with Gasteiger partial charge in [0.1, 0.15) is 5.25 Å². The lowest BCUT2D eigenvalue weighted by Crippen LogP contribution is -2.31. The maximum atomic E-state index is 13.1. The first kappa shape index (κ1) is 19.8. The van der Waals surface area contributed by atoms with Crippen LogP contribution in [0, 0.1) is 6.92 Å². The van der Waals surface area contributed by atoms with E-state index in [2.05, 4.69) is 4.72 Å². The van der Waals surface area contributed by atoms with Gasteiger partial charge in [0.05, 0.1) is 9.79 Å². The van der Waals surface area contributed by atoms with Crippen LogP contribution in [0.3, 0.4) is 0 Å². The van der Waals surface area contributed by atoms with Gasteiger partial charge in [0.15, 0.2) is 9.84 Å². The van der Waals surface area contributed by atoms with Crippen LogP contribution in [-0.4, -0.2) is 23.4 Å². The van der Waals surface area contributed by atoms with Gasteiger partial charge in [0.2, 0.25) is 10.0 Å². The molecule has 8 heteroatoms. The molecule has 0 aliphatic carbocycles. The van der Waals surface area contributed by atoms with E-state index in [1.807, 2.05) is 6.92 Å². The summed E-state index contributed by atoms with van der Waals surface area (Å²) >= 11 is 1.29. The summed E-state index contributed by atoms with van der Waals surface area (Å²) in [6.07, 6.45) is 0. The van der Waals surface area contributed by atoms with Crippen molar-refractivity contribution in [1.29, 1.82) is 0 Å². The number of sulfonamides is 1. The van der Waals surface area contributed by atoms with Crippen LogP contribution in [0.4, 0.5) is 0 Å². The Balaban J connectivity index is 1.91. The van der Waals surface area contributed by atoms with E-state index < -0.39 is 25.1 Å². The molecule has 0 amide bonds. The van der Waals surface area contributed by atoms with E-state index in [9.17, 15) is 16.8 Å². The number of benzene rings is 2. The number of thiophene rings is 1. The Morgan fingerprint density at radius 2 is 1.52 bits per heavy atom. The molecule has 0 saturated heterocycles. The van der Waals surface area contributed by atoms with Gasteiger partial charge < -0.3 is 0 Å². The molecule has 3 rings (SSSR count). The summed E-state index contributed by atoms with van der Waals surface area (Å²) in [5.41, 5.74) is 0.942. The summed E-state index contributed by atoms with van der Waals surface area (Å²) in [7, 11) is -7.57. The van der Waals surface area contributed by atoms with Crippen molar-refractivity contribution in [2.24, 2.45) is 0 Å². The molecule has 3 aromatic rings. The molecule has 0 aliphatic rings. The molecule has 0 bridgehead atoms. The molecule has 0 aliphatic heterocycles. The molecule has 142 valence electrons. The van der Waals surface area contributed by atoms with Crippen LogP contribution >= 0.6 is 11.3 Å². The zero-order valence-electron chi connectivity index (χ0n) is 14.6. The molecule has 27 heavy (non-hydrogen) atoms. The average molecular weight is 422 g/mol. The smallest absolute Gasteiger partial charge is 0.223 e. The number of hydrogen-bond donors (Lipinski definition) is 1. The molecule has 0 radical (unpaired) electrons. The Bertz CT molecular complexity index is 1090. The van der Waals surface area contributed by atoms with Crippen LogP contribution in [0.5, 0.6) is 0 Å². The fourth-order valence-electron chi connectivity index (χ4n) is 2.60. The van der Waals surface area contributed by atoms with Gasteiger partial charge in [-0.05, 0) is 42.6 Å². The largest absolute Gasteiger partial charge is 0.240 e. The number of sulfone groups is 1. The third-order valence-electron chi connectivity index (χ3n) is 4.10. The van der Waals surface area contributed by atoms with Crippen LogP contribution in [0.2, 0.25) is 0 Å². The van der Waals surface area contributed by atoms with E-state index in [1.54, 1.807) is 47.8 Å². The first-order valence-corrected chi connectivity index (χ1v) is 12.1. The second-order valence-corrected chi connectivity index (χ2v) is 10.9. The molecule has 0 saturated carbocycles. The van der Waals surface area contributed by atoms with E-state index in [-0.39, 0.29) is 16.3 Å². The van der Waals surface area contributed by atoms with Crippen LogP contribution in [-0.2, 0) is 19.9 Å². The third kappa shape index (κ3) is 4.47. The summed E-state index contributed by atoms with van der Waals surface area (Å²) in [6, 6.07) is 17.9. The molecule has 5 nitrogen and oxygen atoms in total. The summed E-state index contributed by atoms with van der Waals surface area (Å²) in [5, 5.41) is 0.775. The highest BCUT2D eigenvalue weighted by molar-refractivity contribution is 7.92. The lowest BCUT2D eigenvalue weighted by atomic mass is 10.2. The van der Waals surface area contributed by atoms with Crippen molar-refractivity contribution in [3.8, 4) is 0 Å². The van der Waals surface area contributed by atoms with E-state index >= 15 is 0 Å². The van der Waals surface area contributed by atoms with Gasteiger partial charge in [-0.25, -0.2) is 21.6 Å². The lowest BCUT2D eigenvalue weighted by molar-refractivity contribution is 0.569. The molecule has 1 N–H and O–H groups in total. The monoisotopic (exact) mass is 421 g/mol. The number of aryl methyl sites for hydroxylation is 1. The molecule has 1 heterocycles. The highest BCUT2D eigenvalue weighted by Gasteiger charge is 2.31. The summed E-state index contributed by atoms with van der Waals surface area (Å²) in [6.45, 7) is 1.62. The van der Waals surface area contributed by atoms with Crippen LogP contribution < -0.4 is 4.72 Å². The predicted octanol–water partition coefficient (Wildman–Crippen LogP) is 3.55. The fraction of sp³-hybridized carbons (Fsp3) is 0.158. The van der Waals surface area contributed by atoms with E-state index in [0.29, 0.717) is 4.88 Å². The number of rotatable bonds is 7. The van der Waals surface area contributed by atoms with Crippen molar-refractivity contribution >= 4 is 31.2 Å². The van der Waals surface area contributed by atoms with Gasteiger partial charge in [-0.3, -0.25) is 0 Å². The molecular weight excluding hydrogens is 402 g/mol. The fourth-order valence-corrected chi connectivity index (χ4v) is 6.56. The Morgan fingerprint density at radius 3 is 2.11 bits per heavy atom. The summed E-state index contributed by atoms with van der Waals surface area (Å²) in [5.74, 6) is 0. The van der Waals surface area contributed by atoms with Gasteiger partial charge in [0.25, 0.3) is 0 Å². The van der Waals surface area contributed by atoms with Crippen molar-refractivity contribution in [2.45, 2.75) is 22.0 Å². The summed E-state index contributed by atoms with van der Waals surface area (Å²) < 4.78 is 53.8. The van der Waals surface area contributed by atoms with Gasteiger partial charge >= 0.3 is 0 Å². The van der Waals surface area contributed by atoms with Crippen molar-refractivity contribution in [3.05, 3.63) is 82.6 Å². The van der Waals surface area contributed by atoms with Crippen molar-refractivity contribution in [1.82, 2.24) is 4.72 Å². The van der Waals surface area contributed by atoms with E-state index in [4.69, 9.17) is 0 Å². The molecule has 0 spiro atoms. The van der Waals surface area contributed by atoms with E-state index in [0.717, 1.165) is 5.56 Å². The SMILES string of the molecule is Cc1ccc(S(=O)(=O)NC[C@@H](c2cccs2)S(=O)(=O)c2ccccc2)cc1. The molecular formula is C19H19NO4S3. The number of nitrogens with one attached hydrogen (secondary N) is 1. The minimum Gasteiger partial charge on any atom is -0.223 e. The van der Waals surface area contributed by atoms with Crippen molar-refractivity contribution in [3.63, 3.8) is 0 Å². The lowest BCUT2D eigenvalue weighted by Gasteiger charge is -2.17.